The molecule has 0 amide bonds. The van der Waals surface area contributed by atoms with Gasteiger partial charge in [0.25, 0.3) is 0 Å². The molecular formula is C13H15BrN2. The summed E-state index contributed by atoms with van der Waals surface area (Å²) in [6, 6.07) is 2.17. The Morgan fingerprint density at radius 3 is 3.12 bits per heavy atom. The van der Waals surface area contributed by atoms with E-state index in [0.29, 0.717) is 0 Å². The monoisotopic (exact) mass is 278 g/mol. The highest BCUT2D eigenvalue weighted by molar-refractivity contribution is 9.10. The summed E-state index contributed by atoms with van der Waals surface area (Å²) in [6.45, 7) is 2.33. The molecule has 1 fully saturated rings. The van der Waals surface area contributed by atoms with E-state index in [4.69, 9.17) is 0 Å². The molecule has 0 aromatic carbocycles. The van der Waals surface area contributed by atoms with Gasteiger partial charge in [-0.25, -0.2) is 0 Å². The Morgan fingerprint density at radius 2 is 2.31 bits per heavy atom. The molecule has 1 saturated heterocycles. The number of rotatable bonds is 1. The first kappa shape index (κ1) is 10.5. The number of aromatic nitrogens is 1. The van der Waals surface area contributed by atoms with Crippen LogP contribution >= 0.6 is 15.9 Å². The van der Waals surface area contributed by atoms with Crippen LogP contribution in [0.1, 0.15) is 18.4 Å². The van der Waals surface area contributed by atoms with Gasteiger partial charge in [0, 0.05) is 23.4 Å². The van der Waals surface area contributed by atoms with Crippen molar-refractivity contribution in [2.24, 2.45) is 11.8 Å². The average molecular weight is 279 g/mol. The van der Waals surface area contributed by atoms with Gasteiger partial charge in [0.15, 0.2) is 0 Å². The normalized spacial score (nSPS) is 28.7. The van der Waals surface area contributed by atoms with Crippen molar-refractivity contribution in [1.29, 1.82) is 0 Å². The summed E-state index contributed by atoms with van der Waals surface area (Å²) in [4.78, 5) is 4.24. The van der Waals surface area contributed by atoms with Crippen LogP contribution in [0.5, 0.6) is 0 Å². The standard InChI is InChI=1S/C13H15BrN2/c14-13-5-12(7-16-8-13)10-3-9-1-2-15-6-11(9)4-10/h4-5,7-9,11,15H,1-3,6H2. The van der Waals surface area contributed by atoms with Gasteiger partial charge in [-0.3, -0.25) is 4.98 Å². The third kappa shape index (κ3) is 1.94. The molecule has 1 N–H and O–H groups in total. The topological polar surface area (TPSA) is 24.9 Å². The molecule has 1 aliphatic heterocycles. The van der Waals surface area contributed by atoms with Gasteiger partial charge in [0.05, 0.1) is 0 Å². The molecule has 2 atom stereocenters. The van der Waals surface area contributed by atoms with E-state index in [2.05, 4.69) is 38.4 Å². The fourth-order valence-corrected chi connectivity index (χ4v) is 3.16. The Balaban J connectivity index is 1.86. The van der Waals surface area contributed by atoms with Crippen LogP contribution in [0.15, 0.2) is 29.0 Å². The largest absolute Gasteiger partial charge is 0.316 e. The van der Waals surface area contributed by atoms with Crippen molar-refractivity contribution >= 4 is 21.5 Å². The van der Waals surface area contributed by atoms with Gasteiger partial charge in [0.2, 0.25) is 0 Å². The average Bonchev–Trinajstić information content (AvgIpc) is 2.72. The molecule has 0 spiro atoms. The quantitative estimate of drug-likeness (QED) is 0.855. The van der Waals surface area contributed by atoms with E-state index >= 15 is 0 Å². The highest BCUT2D eigenvalue weighted by atomic mass is 79.9. The predicted molar refractivity (Wildman–Crippen MR) is 69.0 cm³/mol. The van der Waals surface area contributed by atoms with E-state index < -0.39 is 0 Å². The van der Waals surface area contributed by atoms with Crippen molar-refractivity contribution in [3.63, 3.8) is 0 Å². The number of piperidine rings is 1. The molecule has 0 bridgehead atoms. The Hall–Kier alpha value is -0.670. The zero-order valence-electron chi connectivity index (χ0n) is 9.12. The minimum absolute atomic E-state index is 0.739. The molecule has 2 heterocycles. The molecule has 0 saturated carbocycles. The van der Waals surface area contributed by atoms with Gasteiger partial charge in [-0.05, 0) is 64.4 Å². The Morgan fingerprint density at radius 1 is 1.38 bits per heavy atom. The van der Waals surface area contributed by atoms with Crippen molar-refractivity contribution in [3.05, 3.63) is 34.6 Å². The van der Waals surface area contributed by atoms with Crippen LogP contribution in [-0.2, 0) is 0 Å². The SMILES string of the molecule is Brc1cncc(C2=CC3CNCCC3C2)c1. The van der Waals surface area contributed by atoms with Crippen LogP contribution in [0.3, 0.4) is 0 Å². The maximum Gasteiger partial charge on any atom is 0.0410 e. The van der Waals surface area contributed by atoms with E-state index in [1.165, 1.54) is 30.5 Å². The summed E-state index contributed by atoms with van der Waals surface area (Å²) < 4.78 is 1.07. The summed E-state index contributed by atoms with van der Waals surface area (Å²) in [5.41, 5.74) is 2.76. The zero-order valence-corrected chi connectivity index (χ0v) is 10.7. The molecule has 1 aromatic heterocycles. The number of nitrogens with zero attached hydrogens (tertiary/aromatic N) is 1. The van der Waals surface area contributed by atoms with E-state index in [0.717, 1.165) is 22.9 Å². The highest BCUT2D eigenvalue weighted by Crippen LogP contribution is 2.39. The van der Waals surface area contributed by atoms with Gasteiger partial charge in [0.1, 0.15) is 0 Å². The first-order chi connectivity index (χ1) is 7.83. The van der Waals surface area contributed by atoms with E-state index in [1.807, 2.05) is 12.4 Å². The first-order valence-corrected chi connectivity index (χ1v) is 6.64. The summed E-state index contributed by atoms with van der Waals surface area (Å²) in [5.74, 6) is 1.60. The van der Waals surface area contributed by atoms with Crippen LogP contribution in [-0.4, -0.2) is 18.1 Å². The fourth-order valence-electron chi connectivity index (χ4n) is 2.80. The Kier molecular flexibility index (Phi) is 2.82. The van der Waals surface area contributed by atoms with Gasteiger partial charge in [-0.15, -0.1) is 0 Å². The second-order valence-corrected chi connectivity index (χ2v) is 5.62. The number of halogens is 1. The van der Waals surface area contributed by atoms with Crippen LogP contribution < -0.4 is 5.32 Å². The smallest absolute Gasteiger partial charge is 0.0410 e. The van der Waals surface area contributed by atoms with Crippen molar-refractivity contribution in [2.45, 2.75) is 12.8 Å². The molecular weight excluding hydrogens is 264 g/mol. The van der Waals surface area contributed by atoms with E-state index in [1.54, 1.807) is 0 Å². The van der Waals surface area contributed by atoms with E-state index in [-0.39, 0.29) is 0 Å². The number of nitrogens with one attached hydrogen (secondary N) is 1. The lowest BCUT2D eigenvalue weighted by Crippen LogP contribution is -2.33. The summed E-state index contributed by atoms with van der Waals surface area (Å²) in [7, 11) is 0. The van der Waals surface area contributed by atoms with E-state index in [9.17, 15) is 0 Å². The number of allylic oxidation sites excluding steroid dienone is 1. The predicted octanol–water partition coefficient (Wildman–Crippen LogP) is 2.86. The lowest BCUT2D eigenvalue weighted by atomic mass is 9.89. The number of fused-ring (bicyclic) bond motifs is 1. The van der Waals surface area contributed by atoms with Crippen molar-refractivity contribution < 1.29 is 0 Å². The molecule has 3 heteroatoms. The van der Waals surface area contributed by atoms with Crippen LogP contribution in [0.25, 0.3) is 5.57 Å². The fraction of sp³-hybridized carbons (Fsp3) is 0.462. The van der Waals surface area contributed by atoms with Crippen LogP contribution in [0.4, 0.5) is 0 Å². The first-order valence-electron chi connectivity index (χ1n) is 5.85. The van der Waals surface area contributed by atoms with Gasteiger partial charge >= 0.3 is 0 Å². The summed E-state index contributed by atoms with van der Waals surface area (Å²) in [6.07, 6.45) is 8.80. The minimum atomic E-state index is 0.739. The lowest BCUT2D eigenvalue weighted by Gasteiger charge is -2.25. The van der Waals surface area contributed by atoms with Crippen molar-refractivity contribution in [1.82, 2.24) is 10.3 Å². The van der Waals surface area contributed by atoms with Gasteiger partial charge < -0.3 is 5.32 Å². The van der Waals surface area contributed by atoms with Gasteiger partial charge in [-0.1, -0.05) is 6.08 Å². The lowest BCUT2D eigenvalue weighted by molar-refractivity contribution is 0.323. The molecule has 2 unspecified atom stereocenters. The second kappa shape index (κ2) is 4.30. The van der Waals surface area contributed by atoms with Crippen LogP contribution in [0.2, 0.25) is 0 Å². The van der Waals surface area contributed by atoms with Gasteiger partial charge in [-0.2, -0.15) is 0 Å². The second-order valence-electron chi connectivity index (χ2n) is 4.70. The molecule has 84 valence electrons. The third-order valence-corrected chi connectivity index (χ3v) is 4.08. The molecule has 16 heavy (non-hydrogen) atoms. The molecule has 3 rings (SSSR count). The highest BCUT2D eigenvalue weighted by Gasteiger charge is 2.29. The maximum absolute atomic E-state index is 4.24. The van der Waals surface area contributed by atoms with Crippen molar-refractivity contribution in [2.75, 3.05) is 13.1 Å². The van der Waals surface area contributed by atoms with Crippen molar-refractivity contribution in [3.8, 4) is 0 Å². The Bertz CT molecular complexity index is 428. The third-order valence-electron chi connectivity index (χ3n) is 3.65. The molecule has 2 nitrogen and oxygen atoms in total. The molecule has 0 radical (unpaired) electrons. The molecule has 2 aliphatic rings. The Labute approximate surface area is 104 Å². The number of hydrogen-bond acceptors (Lipinski definition) is 2. The minimum Gasteiger partial charge on any atom is -0.316 e. The number of pyridine rings is 1. The maximum atomic E-state index is 4.24. The summed E-state index contributed by atoms with van der Waals surface area (Å²) >= 11 is 3.48. The zero-order chi connectivity index (χ0) is 11.0. The molecule has 1 aromatic rings. The van der Waals surface area contributed by atoms with Crippen LogP contribution in [0, 0.1) is 11.8 Å². The number of hydrogen-bond donors (Lipinski definition) is 1. The molecule has 1 aliphatic carbocycles. The summed E-state index contributed by atoms with van der Waals surface area (Å²) in [5, 5.41) is 3.47.